The number of para-hydroxylation sites is 1. The van der Waals surface area contributed by atoms with Crippen molar-refractivity contribution in [1.29, 1.82) is 0 Å². The van der Waals surface area contributed by atoms with E-state index in [2.05, 4.69) is 15.5 Å². The molecule has 1 aliphatic heterocycles. The number of hydrogen-bond donors (Lipinski definition) is 1. The minimum Gasteiger partial charge on any atom is -0.413 e. The van der Waals surface area contributed by atoms with E-state index in [4.69, 9.17) is 9.15 Å². The topological polar surface area (TPSA) is 80.5 Å². The molecule has 1 aliphatic rings. The van der Waals surface area contributed by atoms with E-state index >= 15 is 0 Å². The maximum atomic E-state index is 13.0. The summed E-state index contributed by atoms with van der Waals surface area (Å²) in [5.41, 5.74) is 1.88. The molecule has 7 nitrogen and oxygen atoms in total. The number of alkyl halides is 3. The second-order valence-corrected chi connectivity index (χ2v) is 7.77. The minimum atomic E-state index is -4.70. The molecule has 1 N–H and O–H groups in total. The second kappa shape index (κ2) is 10.0. The largest absolute Gasteiger partial charge is 0.470 e. The number of aromatic nitrogens is 2. The standard InChI is InChI=1S/C23H23F3N4O3/c24-23(25,26)21-29-28-20(33-21)18-8-6-17(7-9-18)15-30(19-4-2-1-3-5-19)22(31)27-14-16-10-12-32-13-11-16/h1-9,16H,10-15H2,(H,27,31). The van der Waals surface area contributed by atoms with Crippen molar-refractivity contribution in [3.8, 4) is 11.5 Å². The molecule has 174 valence electrons. The summed E-state index contributed by atoms with van der Waals surface area (Å²) in [6, 6.07) is 15.7. The first-order chi connectivity index (χ1) is 15.9. The van der Waals surface area contributed by atoms with Crippen LogP contribution in [0.2, 0.25) is 0 Å². The summed E-state index contributed by atoms with van der Waals surface area (Å²) in [5.74, 6) is -1.23. The van der Waals surface area contributed by atoms with Gasteiger partial charge < -0.3 is 14.5 Å². The molecule has 10 heteroatoms. The maximum Gasteiger partial charge on any atom is 0.470 e. The van der Waals surface area contributed by atoms with E-state index in [1.165, 1.54) is 0 Å². The van der Waals surface area contributed by atoms with Gasteiger partial charge in [-0.15, -0.1) is 10.2 Å². The number of ether oxygens (including phenoxy) is 1. The van der Waals surface area contributed by atoms with E-state index in [1.54, 1.807) is 29.2 Å². The number of amides is 2. The summed E-state index contributed by atoms with van der Waals surface area (Å²) < 4.78 is 48.2. The molecular formula is C23H23F3N4O3. The van der Waals surface area contributed by atoms with Crippen LogP contribution >= 0.6 is 0 Å². The van der Waals surface area contributed by atoms with Crippen LogP contribution in [0.3, 0.4) is 0 Å². The molecule has 1 aromatic heterocycles. The molecule has 2 heterocycles. The average molecular weight is 460 g/mol. The van der Waals surface area contributed by atoms with Gasteiger partial charge in [0.15, 0.2) is 0 Å². The number of halogens is 3. The Hall–Kier alpha value is -3.40. The molecule has 0 spiro atoms. The monoisotopic (exact) mass is 460 g/mol. The van der Waals surface area contributed by atoms with Gasteiger partial charge in [-0.3, -0.25) is 4.90 Å². The number of hydrogen-bond acceptors (Lipinski definition) is 5. The van der Waals surface area contributed by atoms with Gasteiger partial charge in [0, 0.05) is 31.0 Å². The molecule has 4 rings (SSSR count). The lowest BCUT2D eigenvalue weighted by atomic mass is 10.0. The predicted molar refractivity (Wildman–Crippen MR) is 114 cm³/mol. The molecule has 0 saturated carbocycles. The zero-order valence-corrected chi connectivity index (χ0v) is 17.7. The van der Waals surface area contributed by atoms with E-state index in [-0.39, 0.29) is 18.5 Å². The van der Waals surface area contributed by atoms with Crippen molar-refractivity contribution in [1.82, 2.24) is 15.5 Å². The summed E-state index contributed by atoms with van der Waals surface area (Å²) in [6.07, 6.45) is -2.86. The number of benzene rings is 2. The van der Waals surface area contributed by atoms with Crippen LogP contribution in [-0.2, 0) is 17.5 Å². The van der Waals surface area contributed by atoms with Crippen LogP contribution in [0.25, 0.3) is 11.5 Å². The van der Waals surface area contributed by atoms with Gasteiger partial charge in [-0.1, -0.05) is 30.3 Å². The first-order valence-corrected chi connectivity index (χ1v) is 10.6. The third kappa shape index (κ3) is 5.89. The van der Waals surface area contributed by atoms with Crippen molar-refractivity contribution in [3.05, 3.63) is 66.1 Å². The quantitative estimate of drug-likeness (QED) is 0.566. The Kier molecular flexibility index (Phi) is 6.93. The summed E-state index contributed by atoms with van der Waals surface area (Å²) >= 11 is 0. The first-order valence-electron chi connectivity index (χ1n) is 10.6. The van der Waals surface area contributed by atoms with Gasteiger partial charge in [-0.05, 0) is 48.6 Å². The number of rotatable bonds is 6. The lowest BCUT2D eigenvalue weighted by Crippen LogP contribution is -2.42. The normalized spacial score (nSPS) is 14.8. The SMILES string of the molecule is O=C(NCC1CCOCC1)N(Cc1ccc(-c2nnc(C(F)(F)F)o2)cc1)c1ccccc1. The highest BCUT2D eigenvalue weighted by atomic mass is 19.4. The van der Waals surface area contributed by atoms with Gasteiger partial charge in [0.25, 0.3) is 0 Å². The number of urea groups is 1. The molecule has 2 aromatic carbocycles. The van der Waals surface area contributed by atoms with Gasteiger partial charge in [0.1, 0.15) is 0 Å². The van der Waals surface area contributed by atoms with Crippen molar-refractivity contribution >= 4 is 11.7 Å². The lowest BCUT2D eigenvalue weighted by Gasteiger charge is -2.26. The fourth-order valence-corrected chi connectivity index (χ4v) is 3.56. The number of nitrogens with one attached hydrogen (secondary N) is 1. The van der Waals surface area contributed by atoms with Crippen molar-refractivity contribution in [3.63, 3.8) is 0 Å². The molecule has 1 saturated heterocycles. The Morgan fingerprint density at radius 2 is 1.73 bits per heavy atom. The second-order valence-electron chi connectivity index (χ2n) is 7.77. The molecule has 2 amide bonds. The Bertz CT molecular complexity index is 1050. The summed E-state index contributed by atoms with van der Waals surface area (Å²) in [5, 5.41) is 9.53. The number of carbonyl (C=O) groups is 1. The molecule has 0 unspecified atom stereocenters. The molecular weight excluding hydrogens is 437 g/mol. The highest BCUT2D eigenvalue weighted by Crippen LogP contribution is 2.30. The third-order valence-electron chi connectivity index (χ3n) is 5.40. The maximum absolute atomic E-state index is 13.0. The van der Waals surface area contributed by atoms with Crippen molar-refractivity contribution in [2.24, 2.45) is 5.92 Å². The number of carbonyl (C=O) groups excluding carboxylic acids is 1. The van der Waals surface area contributed by atoms with Gasteiger partial charge in [-0.25, -0.2) is 4.79 Å². The van der Waals surface area contributed by atoms with E-state index in [9.17, 15) is 18.0 Å². The number of anilines is 1. The van der Waals surface area contributed by atoms with E-state index in [1.807, 2.05) is 30.3 Å². The average Bonchev–Trinajstić information content (AvgIpc) is 3.34. The molecule has 1 fully saturated rings. The number of nitrogens with zero attached hydrogens (tertiary/aromatic N) is 3. The van der Waals surface area contributed by atoms with Gasteiger partial charge >= 0.3 is 18.1 Å². The van der Waals surface area contributed by atoms with E-state index < -0.39 is 12.1 Å². The van der Waals surface area contributed by atoms with Crippen molar-refractivity contribution < 1.29 is 27.1 Å². The van der Waals surface area contributed by atoms with E-state index in [0.29, 0.717) is 31.2 Å². The lowest BCUT2D eigenvalue weighted by molar-refractivity contribution is -0.156. The Morgan fingerprint density at radius 3 is 2.36 bits per heavy atom. The Morgan fingerprint density at radius 1 is 1.03 bits per heavy atom. The first kappa shape index (κ1) is 22.8. The molecule has 0 bridgehead atoms. The van der Waals surface area contributed by atoms with E-state index in [0.717, 1.165) is 24.1 Å². The highest BCUT2D eigenvalue weighted by Gasteiger charge is 2.38. The zero-order valence-electron chi connectivity index (χ0n) is 17.7. The van der Waals surface area contributed by atoms with Gasteiger partial charge in [0.05, 0.1) is 6.54 Å². The smallest absolute Gasteiger partial charge is 0.413 e. The third-order valence-corrected chi connectivity index (χ3v) is 5.40. The molecule has 0 radical (unpaired) electrons. The van der Waals surface area contributed by atoms with Gasteiger partial charge in [-0.2, -0.15) is 13.2 Å². The Balaban J connectivity index is 1.46. The fourth-order valence-electron chi connectivity index (χ4n) is 3.56. The van der Waals surface area contributed by atoms with Crippen LogP contribution < -0.4 is 10.2 Å². The van der Waals surface area contributed by atoms with Crippen LogP contribution in [0.15, 0.2) is 59.0 Å². The molecule has 0 aliphatic carbocycles. The fraction of sp³-hybridized carbons (Fsp3) is 0.348. The van der Waals surface area contributed by atoms with Crippen molar-refractivity contribution in [2.45, 2.75) is 25.6 Å². The Labute approximate surface area is 188 Å². The zero-order chi connectivity index (χ0) is 23.3. The van der Waals surface area contributed by atoms with Crippen LogP contribution in [0, 0.1) is 5.92 Å². The van der Waals surface area contributed by atoms with Crippen molar-refractivity contribution in [2.75, 3.05) is 24.7 Å². The van der Waals surface area contributed by atoms with Crippen LogP contribution in [-0.4, -0.2) is 36.0 Å². The summed E-state index contributed by atoms with van der Waals surface area (Å²) in [7, 11) is 0. The molecule has 0 atom stereocenters. The van der Waals surface area contributed by atoms with Crippen LogP contribution in [0.1, 0.15) is 24.3 Å². The highest BCUT2D eigenvalue weighted by molar-refractivity contribution is 5.91. The summed E-state index contributed by atoms with van der Waals surface area (Å²) in [6.45, 7) is 2.27. The molecule has 33 heavy (non-hydrogen) atoms. The minimum absolute atomic E-state index is 0.219. The molecule has 3 aromatic rings. The van der Waals surface area contributed by atoms with Crippen LogP contribution in [0.5, 0.6) is 0 Å². The van der Waals surface area contributed by atoms with Gasteiger partial charge in [0.2, 0.25) is 5.89 Å². The summed E-state index contributed by atoms with van der Waals surface area (Å²) in [4.78, 5) is 14.6. The predicted octanol–water partition coefficient (Wildman–Crippen LogP) is 4.90. The van der Waals surface area contributed by atoms with Crippen LogP contribution in [0.4, 0.5) is 23.7 Å².